The molecule has 0 saturated carbocycles. The summed E-state index contributed by atoms with van der Waals surface area (Å²) < 4.78 is 0. The van der Waals surface area contributed by atoms with E-state index in [0.29, 0.717) is 6.42 Å². The second-order valence-corrected chi connectivity index (χ2v) is 5.84. The number of benzene rings is 2. The van der Waals surface area contributed by atoms with Crippen molar-refractivity contribution in [3.8, 4) is 0 Å². The van der Waals surface area contributed by atoms with Crippen LogP contribution in [0.4, 0.5) is 16.5 Å². The minimum atomic E-state index is -0.376. The average molecular weight is 311 g/mol. The molecule has 110 valence electrons. The van der Waals surface area contributed by atoms with Crippen LogP contribution in [0, 0.1) is 10.1 Å². The minimum Gasteiger partial charge on any atom is -0.332 e. The van der Waals surface area contributed by atoms with Crippen LogP contribution < -0.4 is 5.32 Å². The van der Waals surface area contributed by atoms with Gasteiger partial charge >= 0.3 is 0 Å². The second kappa shape index (κ2) is 6.36. The molecule has 22 heavy (non-hydrogen) atoms. The third-order valence-electron chi connectivity index (χ3n) is 3.08. The Labute approximate surface area is 131 Å². The van der Waals surface area contributed by atoms with E-state index in [0.717, 1.165) is 21.3 Å². The molecule has 6 heteroatoms. The lowest BCUT2D eigenvalue weighted by atomic mass is 10.1. The Morgan fingerprint density at radius 1 is 1.14 bits per heavy atom. The summed E-state index contributed by atoms with van der Waals surface area (Å²) >= 11 is 1.54. The highest BCUT2D eigenvalue weighted by molar-refractivity contribution is 7.15. The van der Waals surface area contributed by atoms with Crippen LogP contribution in [0.5, 0.6) is 0 Å². The molecule has 1 N–H and O–H groups in total. The predicted octanol–water partition coefficient (Wildman–Crippen LogP) is 4.39. The highest BCUT2D eigenvalue weighted by Gasteiger charge is 2.08. The van der Waals surface area contributed by atoms with Gasteiger partial charge in [-0.3, -0.25) is 10.1 Å². The van der Waals surface area contributed by atoms with Gasteiger partial charge in [0.15, 0.2) is 5.13 Å². The number of nitro groups is 1. The van der Waals surface area contributed by atoms with Gasteiger partial charge in [0.05, 0.1) is 4.92 Å². The van der Waals surface area contributed by atoms with Gasteiger partial charge in [-0.2, -0.15) is 0 Å². The molecule has 0 bridgehead atoms. The van der Waals surface area contributed by atoms with Gasteiger partial charge in [-0.25, -0.2) is 4.98 Å². The van der Waals surface area contributed by atoms with Gasteiger partial charge in [0.25, 0.3) is 5.69 Å². The van der Waals surface area contributed by atoms with E-state index in [1.807, 2.05) is 36.4 Å². The first kappa shape index (κ1) is 14.2. The van der Waals surface area contributed by atoms with Gasteiger partial charge in [-0.05, 0) is 17.7 Å². The summed E-state index contributed by atoms with van der Waals surface area (Å²) in [6.07, 6.45) is 2.44. The molecule has 0 aliphatic rings. The summed E-state index contributed by atoms with van der Waals surface area (Å²) in [7, 11) is 0. The number of nitrogens with zero attached hydrogens (tertiary/aromatic N) is 2. The summed E-state index contributed by atoms with van der Waals surface area (Å²) in [6, 6.07) is 16.5. The summed E-state index contributed by atoms with van der Waals surface area (Å²) in [4.78, 5) is 15.8. The zero-order chi connectivity index (χ0) is 15.4. The van der Waals surface area contributed by atoms with Crippen LogP contribution in [0.25, 0.3) is 0 Å². The lowest BCUT2D eigenvalue weighted by molar-refractivity contribution is -0.384. The van der Waals surface area contributed by atoms with E-state index in [9.17, 15) is 10.1 Å². The lowest BCUT2D eigenvalue weighted by Crippen LogP contribution is -1.90. The zero-order valence-corrected chi connectivity index (χ0v) is 12.4. The lowest BCUT2D eigenvalue weighted by Gasteiger charge is -2.01. The van der Waals surface area contributed by atoms with Crippen molar-refractivity contribution in [1.82, 2.24) is 4.98 Å². The fourth-order valence-corrected chi connectivity index (χ4v) is 2.94. The van der Waals surface area contributed by atoms with Crippen molar-refractivity contribution in [2.24, 2.45) is 0 Å². The second-order valence-electron chi connectivity index (χ2n) is 4.73. The van der Waals surface area contributed by atoms with Gasteiger partial charge < -0.3 is 5.32 Å². The average Bonchev–Trinajstić information content (AvgIpc) is 2.95. The zero-order valence-electron chi connectivity index (χ0n) is 11.6. The van der Waals surface area contributed by atoms with E-state index in [-0.39, 0.29) is 10.6 Å². The molecule has 3 rings (SSSR count). The normalized spacial score (nSPS) is 10.4. The number of hydrogen-bond donors (Lipinski definition) is 1. The molecule has 0 radical (unpaired) electrons. The van der Waals surface area contributed by atoms with E-state index in [2.05, 4.69) is 10.3 Å². The van der Waals surface area contributed by atoms with Crippen LogP contribution in [0.15, 0.2) is 60.8 Å². The minimum absolute atomic E-state index is 0.115. The number of nitro benzene ring substituents is 1. The molecule has 5 nitrogen and oxygen atoms in total. The molecular weight excluding hydrogens is 298 g/mol. The van der Waals surface area contributed by atoms with Crippen molar-refractivity contribution in [2.75, 3.05) is 5.32 Å². The molecule has 0 atom stereocenters. The Bertz CT molecular complexity index is 787. The van der Waals surface area contributed by atoms with Gasteiger partial charge in [0.2, 0.25) is 0 Å². The molecule has 0 aliphatic carbocycles. The maximum absolute atomic E-state index is 10.8. The Morgan fingerprint density at radius 2 is 1.95 bits per heavy atom. The molecule has 0 aliphatic heterocycles. The smallest absolute Gasteiger partial charge is 0.269 e. The van der Waals surface area contributed by atoms with Crippen molar-refractivity contribution in [1.29, 1.82) is 0 Å². The third-order valence-corrected chi connectivity index (χ3v) is 3.99. The maximum Gasteiger partial charge on any atom is 0.269 e. The molecule has 0 saturated heterocycles. The molecule has 3 aromatic rings. The Balaban J connectivity index is 1.72. The van der Waals surface area contributed by atoms with Crippen LogP contribution in [0.2, 0.25) is 0 Å². The van der Waals surface area contributed by atoms with Gasteiger partial charge in [-0.1, -0.05) is 30.3 Å². The van der Waals surface area contributed by atoms with E-state index in [4.69, 9.17) is 0 Å². The Morgan fingerprint density at radius 3 is 2.73 bits per heavy atom. The van der Waals surface area contributed by atoms with Crippen molar-refractivity contribution in [3.05, 3.63) is 81.3 Å². The summed E-state index contributed by atoms with van der Waals surface area (Å²) in [5, 5.41) is 14.8. The van der Waals surface area contributed by atoms with Crippen molar-refractivity contribution >= 4 is 27.8 Å². The number of hydrogen-bond acceptors (Lipinski definition) is 5. The van der Waals surface area contributed by atoms with Crippen LogP contribution >= 0.6 is 11.3 Å². The molecule has 0 amide bonds. The molecular formula is C16H13N3O2S. The van der Waals surface area contributed by atoms with E-state index >= 15 is 0 Å². The Hall–Kier alpha value is -2.73. The largest absolute Gasteiger partial charge is 0.332 e. The summed E-state index contributed by atoms with van der Waals surface area (Å²) in [6.45, 7) is 0. The monoisotopic (exact) mass is 311 g/mol. The number of rotatable bonds is 5. The number of thiazole rings is 1. The first-order valence-electron chi connectivity index (χ1n) is 6.71. The van der Waals surface area contributed by atoms with E-state index in [1.54, 1.807) is 29.7 Å². The topological polar surface area (TPSA) is 68.1 Å². The van der Waals surface area contributed by atoms with Crippen molar-refractivity contribution in [2.45, 2.75) is 6.42 Å². The summed E-state index contributed by atoms with van der Waals surface area (Å²) in [5.41, 5.74) is 2.01. The molecule has 0 spiro atoms. The first-order chi connectivity index (χ1) is 10.7. The number of non-ortho nitro benzene ring substituents is 1. The Kier molecular flexibility index (Phi) is 4.11. The molecule has 2 aromatic carbocycles. The first-order valence-corrected chi connectivity index (χ1v) is 7.52. The highest BCUT2D eigenvalue weighted by Crippen LogP contribution is 2.25. The van der Waals surface area contributed by atoms with E-state index in [1.165, 1.54) is 6.07 Å². The summed E-state index contributed by atoms with van der Waals surface area (Å²) in [5.74, 6) is 0. The van der Waals surface area contributed by atoms with Crippen LogP contribution in [0.3, 0.4) is 0 Å². The fraction of sp³-hybridized carbons (Fsp3) is 0.0625. The molecule has 1 aromatic heterocycles. The quantitative estimate of drug-likeness (QED) is 0.560. The van der Waals surface area contributed by atoms with Crippen LogP contribution in [0.1, 0.15) is 10.4 Å². The van der Waals surface area contributed by atoms with E-state index < -0.39 is 0 Å². The van der Waals surface area contributed by atoms with Crippen molar-refractivity contribution in [3.63, 3.8) is 0 Å². The number of nitrogens with one attached hydrogen (secondary N) is 1. The number of anilines is 2. The van der Waals surface area contributed by atoms with Gasteiger partial charge in [-0.15, -0.1) is 11.3 Å². The molecule has 0 fully saturated rings. The molecule has 1 heterocycles. The predicted molar refractivity (Wildman–Crippen MR) is 87.7 cm³/mol. The van der Waals surface area contributed by atoms with Crippen molar-refractivity contribution < 1.29 is 4.92 Å². The highest BCUT2D eigenvalue weighted by atomic mass is 32.1. The third kappa shape index (κ3) is 3.48. The van der Waals surface area contributed by atoms with Crippen LogP contribution in [-0.4, -0.2) is 9.91 Å². The van der Waals surface area contributed by atoms with Crippen LogP contribution in [-0.2, 0) is 6.42 Å². The van der Waals surface area contributed by atoms with Gasteiger partial charge in [0, 0.05) is 35.3 Å². The number of para-hydroxylation sites is 1. The fourth-order valence-electron chi connectivity index (χ4n) is 2.07. The standard InChI is InChI=1S/C16H13N3O2S/c20-19(21)14-8-4-5-12(9-14)10-15-11-17-16(22-15)18-13-6-2-1-3-7-13/h1-9,11H,10H2,(H,17,18). The SMILES string of the molecule is O=[N+]([O-])c1cccc(Cc2cnc(Nc3ccccc3)s2)c1. The number of aromatic nitrogens is 1. The molecule has 0 unspecified atom stereocenters. The van der Waals surface area contributed by atoms with Gasteiger partial charge in [0.1, 0.15) is 0 Å². The maximum atomic E-state index is 10.8.